The monoisotopic (exact) mass is 424 g/mol. The number of hydrogen-bond acceptors (Lipinski definition) is 5. The zero-order valence-electron chi connectivity index (χ0n) is 17.6. The number of benzene rings is 2. The predicted molar refractivity (Wildman–Crippen MR) is 126 cm³/mol. The van der Waals surface area contributed by atoms with Gasteiger partial charge in [0.2, 0.25) is 0 Å². The van der Waals surface area contributed by atoms with E-state index in [0.29, 0.717) is 6.54 Å². The molecular formula is C24H29ClN4O. The highest BCUT2D eigenvalue weighted by atomic mass is 35.5. The van der Waals surface area contributed by atoms with Crippen molar-refractivity contribution in [3.63, 3.8) is 0 Å². The van der Waals surface area contributed by atoms with E-state index in [2.05, 4.69) is 52.4 Å². The molecule has 158 valence electrons. The first-order chi connectivity index (χ1) is 14.5. The summed E-state index contributed by atoms with van der Waals surface area (Å²) >= 11 is 6.18. The molecule has 1 aromatic heterocycles. The molecule has 0 bridgehead atoms. The van der Waals surface area contributed by atoms with E-state index in [0.717, 1.165) is 47.9 Å². The SMILES string of the molecule is Cc1ccc2nc(N3CCN(c4cccc(Cl)c4)CC3)c(CNC(C)CO)cc2c1. The summed E-state index contributed by atoms with van der Waals surface area (Å²) in [6.45, 7) is 8.55. The molecule has 5 nitrogen and oxygen atoms in total. The number of halogens is 1. The minimum absolute atomic E-state index is 0.0470. The van der Waals surface area contributed by atoms with Crippen LogP contribution < -0.4 is 15.1 Å². The van der Waals surface area contributed by atoms with Crippen LogP contribution in [-0.4, -0.2) is 48.9 Å². The second kappa shape index (κ2) is 9.21. The molecule has 2 N–H and O–H groups in total. The molecule has 0 amide bonds. The van der Waals surface area contributed by atoms with Crippen LogP contribution in [0.2, 0.25) is 5.02 Å². The molecule has 3 aromatic rings. The van der Waals surface area contributed by atoms with Crippen LogP contribution in [0.1, 0.15) is 18.1 Å². The molecule has 4 rings (SSSR count). The topological polar surface area (TPSA) is 51.6 Å². The zero-order chi connectivity index (χ0) is 21.1. The third-order valence-corrected chi connectivity index (χ3v) is 5.93. The molecule has 1 aliphatic heterocycles. The Morgan fingerprint density at radius 2 is 1.83 bits per heavy atom. The molecule has 1 unspecified atom stereocenters. The van der Waals surface area contributed by atoms with E-state index < -0.39 is 0 Å². The van der Waals surface area contributed by atoms with E-state index in [1.165, 1.54) is 16.8 Å². The maximum atomic E-state index is 9.39. The van der Waals surface area contributed by atoms with Gasteiger partial charge in [-0.1, -0.05) is 29.3 Å². The van der Waals surface area contributed by atoms with E-state index in [1.807, 2.05) is 25.1 Å². The Morgan fingerprint density at radius 1 is 1.07 bits per heavy atom. The van der Waals surface area contributed by atoms with Crippen LogP contribution in [0.25, 0.3) is 10.9 Å². The quantitative estimate of drug-likeness (QED) is 0.626. The van der Waals surface area contributed by atoms with Gasteiger partial charge in [0, 0.05) is 60.4 Å². The fraction of sp³-hybridized carbons (Fsp3) is 0.375. The van der Waals surface area contributed by atoms with Gasteiger partial charge in [0.15, 0.2) is 0 Å². The van der Waals surface area contributed by atoms with Crippen molar-refractivity contribution in [2.75, 3.05) is 42.6 Å². The summed E-state index contributed by atoms with van der Waals surface area (Å²) in [5.41, 5.74) is 4.59. The van der Waals surface area contributed by atoms with E-state index in [9.17, 15) is 5.11 Å². The van der Waals surface area contributed by atoms with Gasteiger partial charge in [-0.2, -0.15) is 0 Å². The zero-order valence-corrected chi connectivity index (χ0v) is 18.4. The van der Waals surface area contributed by atoms with E-state index >= 15 is 0 Å². The number of aromatic nitrogens is 1. The largest absolute Gasteiger partial charge is 0.395 e. The highest BCUT2D eigenvalue weighted by molar-refractivity contribution is 6.30. The summed E-state index contributed by atoms with van der Waals surface area (Å²) in [4.78, 5) is 9.79. The molecule has 30 heavy (non-hydrogen) atoms. The van der Waals surface area contributed by atoms with E-state index in [4.69, 9.17) is 16.6 Å². The summed E-state index contributed by atoms with van der Waals surface area (Å²) in [5, 5.41) is 14.7. The smallest absolute Gasteiger partial charge is 0.133 e. The Kier molecular flexibility index (Phi) is 6.42. The van der Waals surface area contributed by atoms with Crippen molar-refractivity contribution in [2.24, 2.45) is 0 Å². The number of pyridine rings is 1. The first-order valence-corrected chi connectivity index (χ1v) is 10.9. The van der Waals surface area contributed by atoms with Gasteiger partial charge in [0.1, 0.15) is 5.82 Å². The highest BCUT2D eigenvalue weighted by Crippen LogP contribution is 2.27. The number of nitrogens with zero attached hydrogens (tertiary/aromatic N) is 3. The average Bonchev–Trinajstić information content (AvgIpc) is 2.77. The third kappa shape index (κ3) is 4.69. The van der Waals surface area contributed by atoms with Crippen LogP contribution in [0.3, 0.4) is 0 Å². The first-order valence-electron chi connectivity index (χ1n) is 10.5. The summed E-state index contributed by atoms with van der Waals surface area (Å²) in [6.07, 6.45) is 0. The van der Waals surface area contributed by atoms with Crippen molar-refractivity contribution in [1.29, 1.82) is 0 Å². The molecule has 1 atom stereocenters. The number of aliphatic hydroxyl groups is 1. The van der Waals surface area contributed by atoms with Crippen molar-refractivity contribution in [2.45, 2.75) is 26.4 Å². The minimum atomic E-state index is 0.0470. The number of hydrogen-bond donors (Lipinski definition) is 2. The molecule has 1 fully saturated rings. The van der Waals surface area contributed by atoms with Gasteiger partial charge in [0.05, 0.1) is 12.1 Å². The number of anilines is 2. The molecule has 2 aromatic carbocycles. The fourth-order valence-corrected chi connectivity index (χ4v) is 4.12. The third-order valence-electron chi connectivity index (χ3n) is 5.69. The second-order valence-corrected chi connectivity index (χ2v) is 8.52. The Balaban J connectivity index is 1.58. The standard InChI is InChI=1S/C24H29ClN4O/c1-17-6-7-23-19(12-17)13-20(15-26-18(2)16-30)24(27-23)29-10-8-28(9-11-29)22-5-3-4-21(25)14-22/h3-7,12-14,18,26,30H,8-11,15-16H2,1-2H3. The van der Waals surface area contributed by atoms with Crippen molar-refractivity contribution < 1.29 is 5.11 Å². The van der Waals surface area contributed by atoms with E-state index in [1.54, 1.807) is 0 Å². The van der Waals surface area contributed by atoms with Crippen LogP contribution >= 0.6 is 11.6 Å². The molecule has 0 saturated carbocycles. The van der Waals surface area contributed by atoms with Gasteiger partial charge in [0.25, 0.3) is 0 Å². The number of aryl methyl sites for hydroxylation is 1. The Morgan fingerprint density at radius 3 is 2.57 bits per heavy atom. The molecular weight excluding hydrogens is 396 g/mol. The molecule has 6 heteroatoms. The lowest BCUT2D eigenvalue weighted by atomic mass is 10.1. The molecule has 0 aliphatic carbocycles. The van der Waals surface area contributed by atoms with Crippen LogP contribution in [0.4, 0.5) is 11.5 Å². The van der Waals surface area contributed by atoms with Gasteiger partial charge in [-0.05, 0) is 50.2 Å². The van der Waals surface area contributed by atoms with Crippen LogP contribution in [0.15, 0.2) is 48.5 Å². The van der Waals surface area contributed by atoms with Crippen LogP contribution in [0, 0.1) is 6.92 Å². The summed E-state index contributed by atoms with van der Waals surface area (Å²) < 4.78 is 0. The highest BCUT2D eigenvalue weighted by Gasteiger charge is 2.21. The lowest BCUT2D eigenvalue weighted by Gasteiger charge is -2.37. The first kappa shape index (κ1) is 20.9. The van der Waals surface area contributed by atoms with Crippen molar-refractivity contribution >= 4 is 34.0 Å². The number of aliphatic hydroxyl groups excluding tert-OH is 1. The number of fused-ring (bicyclic) bond motifs is 1. The van der Waals surface area contributed by atoms with Crippen molar-refractivity contribution in [3.05, 3.63) is 64.7 Å². The van der Waals surface area contributed by atoms with Gasteiger partial charge >= 0.3 is 0 Å². The van der Waals surface area contributed by atoms with Gasteiger partial charge in [-0.25, -0.2) is 4.98 Å². The van der Waals surface area contributed by atoms with E-state index in [-0.39, 0.29) is 12.6 Å². The minimum Gasteiger partial charge on any atom is -0.395 e. The Bertz CT molecular complexity index is 1020. The fourth-order valence-electron chi connectivity index (χ4n) is 3.93. The number of nitrogens with one attached hydrogen (secondary N) is 1. The van der Waals surface area contributed by atoms with Crippen molar-refractivity contribution in [1.82, 2.24) is 10.3 Å². The average molecular weight is 425 g/mol. The Hall–Kier alpha value is -2.34. The maximum Gasteiger partial charge on any atom is 0.133 e. The van der Waals surface area contributed by atoms with Gasteiger partial charge < -0.3 is 20.2 Å². The molecule has 1 saturated heterocycles. The lowest BCUT2D eigenvalue weighted by molar-refractivity contribution is 0.251. The molecule has 2 heterocycles. The maximum absolute atomic E-state index is 9.39. The van der Waals surface area contributed by atoms with Crippen molar-refractivity contribution in [3.8, 4) is 0 Å². The summed E-state index contributed by atoms with van der Waals surface area (Å²) in [6, 6.07) is 16.7. The van der Waals surface area contributed by atoms with Gasteiger partial charge in [-0.3, -0.25) is 0 Å². The molecule has 0 spiro atoms. The molecule has 1 aliphatic rings. The lowest BCUT2D eigenvalue weighted by Crippen LogP contribution is -2.47. The number of rotatable bonds is 6. The summed E-state index contributed by atoms with van der Waals surface area (Å²) in [5.74, 6) is 1.04. The Labute approximate surface area is 183 Å². The predicted octanol–water partition coefficient (Wildman–Crippen LogP) is 3.99. The van der Waals surface area contributed by atoms with Crippen LogP contribution in [-0.2, 0) is 6.54 Å². The number of piperazine rings is 1. The molecule has 0 radical (unpaired) electrons. The second-order valence-electron chi connectivity index (χ2n) is 8.09. The van der Waals surface area contributed by atoms with Gasteiger partial charge in [-0.15, -0.1) is 0 Å². The summed E-state index contributed by atoms with van der Waals surface area (Å²) in [7, 11) is 0. The van der Waals surface area contributed by atoms with Crippen LogP contribution in [0.5, 0.6) is 0 Å². The normalized spacial score (nSPS) is 15.6.